The first-order chi connectivity index (χ1) is 12.1. The third-order valence-electron chi connectivity index (χ3n) is 4.07. The number of rotatable bonds is 6. The summed E-state index contributed by atoms with van der Waals surface area (Å²) in [5, 5.41) is 9.46. The fraction of sp³-hybridized carbons (Fsp3) is 0.0952. The fourth-order valence-corrected chi connectivity index (χ4v) is 2.86. The van der Waals surface area contributed by atoms with Crippen molar-refractivity contribution in [2.45, 2.75) is 12.5 Å². The van der Waals surface area contributed by atoms with E-state index in [1.165, 1.54) is 0 Å². The Balaban J connectivity index is 2.01. The van der Waals surface area contributed by atoms with Crippen LogP contribution < -0.4 is 10.6 Å². The molecule has 0 aliphatic carbocycles. The number of primary amides is 1. The standard InChI is InChI=1S/C21H20N2O2/c22-21(25)20(15-16-11-13-19(24)14-12-16)23(17-7-3-1-4-8-17)18-9-5-2-6-10-18/h1-14,20,24H,15H2,(H2,22,25)/t20-/m0/s1. The Morgan fingerprint density at radius 2 is 1.32 bits per heavy atom. The zero-order chi connectivity index (χ0) is 17.6. The van der Waals surface area contributed by atoms with E-state index in [4.69, 9.17) is 5.73 Å². The Kier molecular flexibility index (Phi) is 5.00. The van der Waals surface area contributed by atoms with Crippen molar-refractivity contribution in [1.82, 2.24) is 0 Å². The average Bonchev–Trinajstić information content (AvgIpc) is 2.64. The molecule has 0 unspecified atom stereocenters. The van der Waals surface area contributed by atoms with E-state index < -0.39 is 11.9 Å². The van der Waals surface area contributed by atoms with Crippen LogP contribution in [-0.2, 0) is 11.2 Å². The van der Waals surface area contributed by atoms with Gasteiger partial charge in [-0.05, 0) is 42.0 Å². The molecule has 3 aromatic rings. The largest absolute Gasteiger partial charge is 0.508 e. The number of carbonyl (C=O) groups excluding carboxylic acids is 1. The summed E-state index contributed by atoms with van der Waals surface area (Å²) in [6.07, 6.45) is 0.444. The molecule has 0 aliphatic rings. The van der Waals surface area contributed by atoms with Gasteiger partial charge in [0.15, 0.2) is 0 Å². The molecule has 1 atom stereocenters. The topological polar surface area (TPSA) is 66.6 Å². The van der Waals surface area contributed by atoms with E-state index in [0.29, 0.717) is 6.42 Å². The highest BCUT2D eigenvalue weighted by Crippen LogP contribution is 2.29. The van der Waals surface area contributed by atoms with Crippen LogP contribution in [0.15, 0.2) is 84.9 Å². The Hall–Kier alpha value is -3.27. The number of aromatic hydroxyl groups is 1. The molecular weight excluding hydrogens is 312 g/mol. The van der Waals surface area contributed by atoms with E-state index >= 15 is 0 Å². The number of nitrogens with zero attached hydrogens (tertiary/aromatic N) is 1. The van der Waals surface area contributed by atoms with Crippen LogP contribution in [0.4, 0.5) is 11.4 Å². The molecule has 1 amide bonds. The van der Waals surface area contributed by atoms with Crippen LogP contribution in [0, 0.1) is 0 Å². The number of para-hydroxylation sites is 2. The summed E-state index contributed by atoms with van der Waals surface area (Å²) in [5.41, 5.74) is 8.49. The number of phenolic OH excluding ortho intramolecular Hbond substituents is 1. The number of hydrogen-bond acceptors (Lipinski definition) is 3. The summed E-state index contributed by atoms with van der Waals surface area (Å²) in [7, 11) is 0. The van der Waals surface area contributed by atoms with Crippen LogP contribution in [0.1, 0.15) is 5.56 Å². The monoisotopic (exact) mass is 332 g/mol. The first kappa shape index (κ1) is 16.6. The molecule has 0 aliphatic heterocycles. The van der Waals surface area contributed by atoms with E-state index in [1.807, 2.05) is 65.6 Å². The van der Waals surface area contributed by atoms with Crippen molar-refractivity contribution in [2.75, 3.05) is 4.90 Å². The molecular formula is C21H20N2O2. The van der Waals surface area contributed by atoms with Crippen LogP contribution >= 0.6 is 0 Å². The van der Waals surface area contributed by atoms with Crippen molar-refractivity contribution >= 4 is 17.3 Å². The lowest BCUT2D eigenvalue weighted by Crippen LogP contribution is -2.43. The quantitative estimate of drug-likeness (QED) is 0.724. The lowest BCUT2D eigenvalue weighted by atomic mass is 10.0. The van der Waals surface area contributed by atoms with Gasteiger partial charge < -0.3 is 15.7 Å². The molecule has 25 heavy (non-hydrogen) atoms. The highest BCUT2D eigenvalue weighted by molar-refractivity contribution is 5.87. The highest BCUT2D eigenvalue weighted by Gasteiger charge is 2.26. The number of anilines is 2. The van der Waals surface area contributed by atoms with Crippen molar-refractivity contribution < 1.29 is 9.90 Å². The summed E-state index contributed by atoms with van der Waals surface area (Å²) in [5.74, 6) is -0.205. The van der Waals surface area contributed by atoms with E-state index in [9.17, 15) is 9.90 Å². The molecule has 3 N–H and O–H groups in total. The average molecular weight is 332 g/mol. The zero-order valence-electron chi connectivity index (χ0n) is 13.7. The second-order valence-corrected chi connectivity index (χ2v) is 5.83. The van der Waals surface area contributed by atoms with Gasteiger partial charge in [0.05, 0.1) is 0 Å². The summed E-state index contributed by atoms with van der Waals surface area (Å²) in [4.78, 5) is 14.2. The Labute approximate surface area is 147 Å². The van der Waals surface area contributed by atoms with Gasteiger partial charge in [-0.15, -0.1) is 0 Å². The van der Waals surface area contributed by atoms with Gasteiger partial charge in [0.25, 0.3) is 0 Å². The van der Waals surface area contributed by atoms with Crippen molar-refractivity contribution in [3.8, 4) is 5.75 Å². The predicted molar refractivity (Wildman–Crippen MR) is 99.8 cm³/mol. The molecule has 0 radical (unpaired) electrons. The molecule has 4 nitrogen and oxygen atoms in total. The second-order valence-electron chi connectivity index (χ2n) is 5.83. The molecule has 3 aromatic carbocycles. The van der Waals surface area contributed by atoms with Gasteiger partial charge in [-0.25, -0.2) is 0 Å². The lowest BCUT2D eigenvalue weighted by molar-refractivity contribution is -0.119. The normalized spacial score (nSPS) is 11.7. The molecule has 0 saturated heterocycles. The molecule has 126 valence electrons. The third-order valence-corrected chi connectivity index (χ3v) is 4.07. The van der Waals surface area contributed by atoms with Gasteiger partial charge in [-0.3, -0.25) is 4.79 Å². The fourth-order valence-electron chi connectivity index (χ4n) is 2.86. The molecule has 0 fully saturated rings. The van der Waals surface area contributed by atoms with E-state index in [0.717, 1.165) is 16.9 Å². The minimum atomic E-state index is -0.547. The van der Waals surface area contributed by atoms with E-state index in [1.54, 1.807) is 24.3 Å². The lowest BCUT2D eigenvalue weighted by Gasteiger charge is -2.32. The smallest absolute Gasteiger partial charge is 0.240 e. The number of carbonyl (C=O) groups is 1. The zero-order valence-corrected chi connectivity index (χ0v) is 13.7. The van der Waals surface area contributed by atoms with Gasteiger partial charge in [0.2, 0.25) is 5.91 Å². The van der Waals surface area contributed by atoms with Crippen molar-refractivity contribution in [3.05, 3.63) is 90.5 Å². The molecule has 3 rings (SSSR count). The predicted octanol–water partition coefficient (Wildman–Crippen LogP) is 3.63. The molecule has 0 aromatic heterocycles. The number of benzene rings is 3. The summed E-state index contributed by atoms with van der Waals surface area (Å²) in [6, 6.07) is 25.7. The SMILES string of the molecule is NC(=O)[C@H](Cc1ccc(O)cc1)N(c1ccccc1)c1ccccc1. The molecule has 0 bridgehead atoms. The maximum Gasteiger partial charge on any atom is 0.240 e. The number of phenols is 1. The maximum absolute atomic E-state index is 12.3. The summed E-state index contributed by atoms with van der Waals surface area (Å²) < 4.78 is 0. The minimum absolute atomic E-state index is 0.197. The van der Waals surface area contributed by atoms with Gasteiger partial charge in [0, 0.05) is 17.8 Å². The van der Waals surface area contributed by atoms with Crippen molar-refractivity contribution in [1.29, 1.82) is 0 Å². The van der Waals surface area contributed by atoms with E-state index in [-0.39, 0.29) is 5.75 Å². The third kappa shape index (κ3) is 3.98. The molecule has 0 saturated carbocycles. The highest BCUT2D eigenvalue weighted by atomic mass is 16.3. The minimum Gasteiger partial charge on any atom is -0.508 e. The van der Waals surface area contributed by atoms with E-state index in [2.05, 4.69) is 0 Å². The van der Waals surface area contributed by atoms with Crippen molar-refractivity contribution in [2.24, 2.45) is 5.73 Å². The van der Waals surface area contributed by atoms with Crippen LogP contribution in [0.3, 0.4) is 0 Å². The first-order valence-corrected chi connectivity index (χ1v) is 8.12. The van der Waals surface area contributed by atoms with Crippen molar-refractivity contribution in [3.63, 3.8) is 0 Å². The Bertz CT molecular complexity index is 778. The van der Waals surface area contributed by atoms with Crippen LogP contribution in [0.25, 0.3) is 0 Å². The summed E-state index contributed by atoms with van der Waals surface area (Å²) >= 11 is 0. The number of amides is 1. The Morgan fingerprint density at radius 3 is 1.76 bits per heavy atom. The maximum atomic E-state index is 12.3. The van der Waals surface area contributed by atoms with Crippen LogP contribution in [-0.4, -0.2) is 17.1 Å². The summed E-state index contributed by atoms with van der Waals surface area (Å²) in [6.45, 7) is 0. The van der Waals surface area contributed by atoms with Gasteiger partial charge in [0.1, 0.15) is 11.8 Å². The van der Waals surface area contributed by atoms with Gasteiger partial charge in [-0.1, -0.05) is 48.5 Å². The van der Waals surface area contributed by atoms with Gasteiger partial charge in [-0.2, -0.15) is 0 Å². The number of nitrogens with two attached hydrogens (primary N) is 1. The van der Waals surface area contributed by atoms with Crippen LogP contribution in [0.2, 0.25) is 0 Å². The number of hydrogen-bond donors (Lipinski definition) is 2. The molecule has 0 heterocycles. The second kappa shape index (κ2) is 7.53. The first-order valence-electron chi connectivity index (χ1n) is 8.12. The van der Waals surface area contributed by atoms with Gasteiger partial charge >= 0.3 is 0 Å². The Morgan fingerprint density at radius 1 is 0.840 bits per heavy atom. The van der Waals surface area contributed by atoms with Crippen LogP contribution in [0.5, 0.6) is 5.75 Å². The molecule has 4 heteroatoms. The molecule has 0 spiro atoms.